The molecule has 0 saturated heterocycles. The van der Waals surface area contributed by atoms with Gasteiger partial charge in [-0.25, -0.2) is 4.98 Å². The average molecular weight is 191 g/mol. The second-order valence-corrected chi connectivity index (χ2v) is 2.47. The zero-order chi connectivity index (χ0) is 9.90. The summed E-state index contributed by atoms with van der Waals surface area (Å²) in [5.41, 5.74) is 0. The molecule has 72 valence electrons. The summed E-state index contributed by atoms with van der Waals surface area (Å²) in [6, 6.07) is 4.54. The Balaban J connectivity index is 2.61. The van der Waals surface area contributed by atoms with E-state index in [0.29, 0.717) is 0 Å². The van der Waals surface area contributed by atoms with Gasteiger partial charge in [-0.2, -0.15) is 13.2 Å². The summed E-state index contributed by atoms with van der Waals surface area (Å²) >= 11 is 0. The lowest BCUT2D eigenvalue weighted by molar-refractivity contribution is -0.189. The van der Waals surface area contributed by atoms with Crippen LogP contribution in [0.15, 0.2) is 24.4 Å². The molecule has 0 fully saturated rings. The third-order valence-electron chi connectivity index (χ3n) is 1.40. The van der Waals surface area contributed by atoms with Crippen molar-refractivity contribution in [2.75, 3.05) is 0 Å². The maximum atomic E-state index is 12.0. The maximum absolute atomic E-state index is 12.0. The molecule has 1 aromatic heterocycles. The number of halogens is 3. The normalized spacial score (nSPS) is 13.8. The van der Waals surface area contributed by atoms with Gasteiger partial charge in [0, 0.05) is 12.3 Å². The first-order valence-corrected chi connectivity index (χ1v) is 3.64. The summed E-state index contributed by atoms with van der Waals surface area (Å²) in [4.78, 5) is 3.61. The third-order valence-corrected chi connectivity index (χ3v) is 1.40. The van der Waals surface area contributed by atoms with E-state index in [4.69, 9.17) is 0 Å². The Bertz CT molecular complexity index is 260. The summed E-state index contributed by atoms with van der Waals surface area (Å²) in [6.07, 6.45) is -4.81. The van der Waals surface area contributed by atoms with Crippen molar-refractivity contribution < 1.29 is 17.9 Å². The van der Waals surface area contributed by atoms with Crippen LogP contribution < -0.4 is 4.74 Å². The van der Waals surface area contributed by atoms with Gasteiger partial charge in [-0.3, -0.25) is 0 Å². The van der Waals surface area contributed by atoms with Gasteiger partial charge in [0.2, 0.25) is 5.88 Å². The molecular weight excluding hydrogens is 183 g/mol. The number of hydrogen-bond acceptors (Lipinski definition) is 2. The molecule has 0 aliphatic rings. The van der Waals surface area contributed by atoms with Crippen LogP contribution in [0.25, 0.3) is 0 Å². The van der Waals surface area contributed by atoms with Crippen molar-refractivity contribution in [3.63, 3.8) is 0 Å². The van der Waals surface area contributed by atoms with Crippen LogP contribution in [-0.2, 0) is 0 Å². The number of ether oxygens (including phenoxy) is 1. The van der Waals surface area contributed by atoms with Gasteiger partial charge in [0.1, 0.15) is 0 Å². The first-order valence-electron chi connectivity index (χ1n) is 3.64. The van der Waals surface area contributed by atoms with E-state index >= 15 is 0 Å². The second kappa shape index (κ2) is 3.64. The van der Waals surface area contributed by atoms with Gasteiger partial charge in [-0.05, 0) is 13.0 Å². The number of rotatable bonds is 2. The van der Waals surface area contributed by atoms with Crippen molar-refractivity contribution in [3.05, 3.63) is 24.4 Å². The lowest BCUT2D eigenvalue weighted by atomic mass is 10.4. The van der Waals surface area contributed by atoms with Crippen LogP contribution in [0.3, 0.4) is 0 Å². The van der Waals surface area contributed by atoms with Crippen LogP contribution in [0.4, 0.5) is 13.2 Å². The molecule has 5 heteroatoms. The zero-order valence-electron chi connectivity index (χ0n) is 6.88. The lowest BCUT2D eigenvalue weighted by Crippen LogP contribution is -2.31. The van der Waals surface area contributed by atoms with Gasteiger partial charge in [-0.15, -0.1) is 0 Å². The number of pyridine rings is 1. The molecule has 0 amide bonds. The molecule has 0 bridgehead atoms. The molecular formula is C8H8F3NO. The minimum absolute atomic E-state index is 0.0210. The number of aromatic nitrogens is 1. The molecule has 1 heterocycles. The van der Waals surface area contributed by atoms with E-state index < -0.39 is 12.3 Å². The van der Waals surface area contributed by atoms with Crippen molar-refractivity contribution >= 4 is 0 Å². The summed E-state index contributed by atoms with van der Waals surface area (Å²) in [5, 5.41) is 0. The Morgan fingerprint density at radius 2 is 2.08 bits per heavy atom. The van der Waals surface area contributed by atoms with E-state index in [1.807, 2.05) is 0 Å². The third kappa shape index (κ3) is 2.93. The molecule has 0 aromatic carbocycles. The Kier molecular flexibility index (Phi) is 2.75. The van der Waals surface area contributed by atoms with E-state index in [0.717, 1.165) is 6.92 Å². The highest BCUT2D eigenvalue weighted by Gasteiger charge is 2.38. The van der Waals surface area contributed by atoms with Crippen molar-refractivity contribution in [2.45, 2.75) is 19.2 Å². The van der Waals surface area contributed by atoms with Crippen molar-refractivity contribution in [1.82, 2.24) is 4.98 Å². The van der Waals surface area contributed by atoms with Gasteiger partial charge in [0.15, 0.2) is 6.10 Å². The molecule has 13 heavy (non-hydrogen) atoms. The van der Waals surface area contributed by atoms with Crippen LogP contribution in [0.1, 0.15) is 6.92 Å². The van der Waals surface area contributed by atoms with E-state index in [1.165, 1.54) is 12.3 Å². The highest BCUT2D eigenvalue weighted by Crippen LogP contribution is 2.23. The summed E-state index contributed by atoms with van der Waals surface area (Å²) in [5.74, 6) is -0.0210. The first-order chi connectivity index (χ1) is 6.00. The molecule has 0 unspecified atom stereocenters. The summed E-state index contributed by atoms with van der Waals surface area (Å²) in [7, 11) is 0. The monoisotopic (exact) mass is 191 g/mol. The van der Waals surface area contributed by atoms with Gasteiger partial charge in [-0.1, -0.05) is 6.07 Å². The van der Waals surface area contributed by atoms with Crippen molar-refractivity contribution in [2.24, 2.45) is 0 Å². The molecule has 0 spiro atoms. The average Bonchev–Trinajstić information content (AvgIpc) is 2.04. The Labute approximate surface area is 73.4 Å². The van der Waals surface area contributed by atoms with E-state index in [9.17, 15) is 13.2 Å². The smallest absolute Gasteiger partial charge is 0.425 e. The largest absolute Gasteiger partial charge is 0.465 e. The van der Waals surface area contributed by atoms with Crippen molar-refractivity contribution in [1.29, 1.82) is 0 Å². The van der Waals surface area contributed by atoms with Gasteiger partial charge < -0.3 is 4.74 Å². The van der Waals surface area contributed by atoms with Gasteiger partial charge in [0.25, 0.3) is 0 Å². The van der Waals surface area contributed by atoms with Crippen LogP contribution >= 0.6 is 0 Å². The van der Waals surface area contributed by atoms with E-state index in [2.05, 4.69) is 9.72 Å². The SMILES string of the molecule is C[C@@H](Oc1ccccn1)C(F)(F)F. The fourth-order valence-electron chi connectivity index (χ4n) is 0.665. The summed E-state index contributed by atoms with van der Waals surface area (Å²) < 4.78 is 40.5. The maximum Gasteiger partial charge on any atom is 0.425 e. The minimum Gasteiger partial charge on any atom is -0.465 e. The first kappa shape index (κ1) is 9.83. The topological polar surface area (TPSA) is 22.1 Å². The molecule has 0 N–H and O–H groups in total. The van der Waals surface area contributed by atoms with Crippen LogP contribution in [-0.4, -0.2) is 17.3 Å². The van der Waals surface area contributed by atoms with Gasteiger partial charge in [0.05, 0.1) is 0 Å². The lowest BCUT2D eigenvalue weighted by Gasteiger charge is -2.16. The predicted molar refractivity (Wildman–Crippen MR) is 40.4 cm³/mol. The Morgan fingerprint density at radius 1 is 1.38 bits per heavy atom. The Hall–Kier alpha value is -1.26. The molecule has 0 saturated carbocycles. The van der Waals surface area contributed by atoms with Crippen LogP contribution in [0.2, 0.25) is 0 Å². The quantitative estimate of drug-likeness (QED) is 0.716. The fourth-order valence-corrected chi connectivity index (χ4v) is 0.665. The molecule has 1 rings (SSSR count). The second-order valence-electron chi connectivity index (χ2n) is 2.47. The predicted octanol–water partition coefficient (Wildman–Crippen LogP) is 2.41. The Morgan fingerprint density at radius 3 is 2.54 bits per heavy atom. The van der Waals surface area contributed by atoms with Crippen LogP contribution in [0, 0.1) is 0 Å². The molecule has 0 aliphatic heterocycles. The van der Waals surface area contributed by atoms with E-state index in [1.54, 1.807) is 12.1 Å². The summed E-state index contributed by atoms with van der Waals surface area (Å²) in [6.45, 7) is 0.939. The molecule has 2 nitrogen and oxygen atoms in total. The molecule has 1 atom stereocenters. The van der Waals surface area contributed by atoms with Crippen molar-refractivity contribution in [3.8, 4) is 5.88 Å². The highest BCUT2D eigenvalue weighted by molar-refractivity contribution is 5.09. The number of nitrogens with zero attached hydrogens (tertiary/aromatic N) is 1. The zero-order valence-corrected chi connectivity index (χ0v) is 6.88. The number of alkyl halides is 3. The fraction of sp³-hybridized carbons (Fsp3) is 0.375. The molecule has 0 aliphatic carbocycles. The number of hydrogen-bond donors (Lipinski definition) is 0. The standard InChI is InChI=1S/C8H8F3NO/c1-6(8(9,10)11)13-7-4-2-3-5-12-7/h2-6H,1H3/t6-/m1/s1. The van der Waals surface area contributed by atoms with E-state index in [-0.39, 0.29) is 5.88 Å². The highest BCUT2D eigenvalue weighted by atomic mass is 19.4. The minimum atomic E-state index is -4.35. The van der Waals surface area contributed by atoms with Gasteiger partial charge >= 0.3 is 6.18 Å². The van der Waals surface area contributed by atoms with Crippen LogP contribution in [0.5, 0.6) is 5.88 Å². The molecule has 1 aromatic rings. The molecule has 0 radical (unpaired) electrons.